The summed E-state index contributed by atoms with van der Waals surface area (Å²) in [6, 6.07) is 67.5. The lowest BCUT2D eigenvalue weighted by Gasteiger charge is -2.25. The highest BCUT2D eigenvalue weighted by Gasteiger charge is 2.18. The Balaban J connectivity index is 1.06. The molecule has 2 aromatic heterocycles. The summed E-state index contributed by atoms with van der Waals surface area (Å²) in [6.45, 7) is 0. The third-order valence-electron chi connectivity index (χ3n) is 10.9. The van der Waals surface area contributed by atoms with Crippen molar-refractivity contribution in [1.29, 1.82) is 0 Å². The first-order chi connectivity index (χ1) is 26.8. The number of hydrogen-bond donors (Lipinski definition) is 0. The van der Waals surface area contributed by atoms with Gasteiger partial charge in [0.25, 0.3) is 0 Å². The standard InChI is InChI=1S/C51H32N2O/c1-3-13-39-35(11-1)29-46(43-17-7-5-15-41(39)43)33-21-25-37(26-22-33)53(51-31-48-45-19-9-10-20-49(45)54-50(48)32-52-51)38-27-23-34(24-28-38)47-30-36-12-2-4-14-40(36)42-16-6-8-18-44(42)47/h1-32H. The lowest BCUT2D eigenvalue weighted by atomic mass is 9.93. The van der Waals surface area contributed by atoms with Crippen molar-refractivity contribution in [2.45, 2.75) is 0 Å². The number of benzene rings is 9. The molecule has 0 radical (unpaired) electrons. The molecule has 0 spiro atoms. The van der Waals surface area contributed by atoms with Crippen LogP contribution in [0.15, 0.2) is 199 Å². The molecule has 3 nitrogen and oxygen atoms in total. The number of anilines is 3. The summed E-state index contributed by atoms with van der Waals surface area (Å²) in [6.07, 6.45) is 1.85. The zero-order valence-electron chi connectivity index (χ0n) is 29.3. The zero-order chi connectivity index (χ0) is 35.6. The molecule has 9 aromatic carbocycles. The quantitative estimate of drug-likeness (QED) is 0.169. The van der Waals surface area contributed by atoms with Gasteiger partial charge in [0.2, 0.25) is 0 Å². The molecule has 252 valence electrons. The summed E-state index contributed by atoms with van der Waals surface area (Å²) in [4.78, 5) is 7.24. The highest BCUT2D eigenvalue weighted by molar-refractivity contribution is 6.15. The molecule has 11 rings (SSSR count). The summed E-state index contributed by atoms with van der Waals surface area (Å²) in [7, 11) is 0. The van der Waals surface area contributed by atoms with E-state index in [9.17, 15) is 0 Å². The predicted octanol–water partition coefficient (Wildman–Crippen LogP) is 14.4. The third-order valence-corrected chi connectivity index (χ3v) is 10.9. The molecular weight excluding hydrogens is 657 g/mol. The van der Waals surface area contributed by atoms with Gasteiger partial charge < -0.3 is 4.42 Å². The van der Waals surface area contributed by atoms with Crippen LogP contribution in [0.2, 0.25) is 0 Å². The molecule has 0 atom stereocenters. The minimum absolute atomic E-state index is 0.775. The number of aromatic nitrogens is 1. The van der Waals surface area contributed by atoms with Gasteiger partial charge in [-0.3, -0.25) is 4.90 Å². The van der Waals surface area contributed by atoms with Crippen molar-refractivity contribution in [3.05, 3.63) is 194 Å². The number of nitrogens with zero attached hydrogens (tertiary/aromatic N) is 2. The lowest BCUT2D eigenvalue weighted by molar-refractivity contribution is 0.667. The number of rotatable bonds is 5. The molecule has 0 aliphatic heterocycles. The summed E-state index contributed by atoms with van der Waals surface area (Å²) in [5.41, 5.74) is 8.46. The fraction of sp³-hybridized carbons (Fsp3) is 0. The Morgan fingerprint density at radius 3 is 1.33 bits per heavy atom. The molecule has 0 fully saturated rings. The number of fused-ring (bicyclic) bond motifs is 9. The van der Waals surface area contributed by atoms with Crippen LogP contribution in [0.4, 0.5) is 17.2 Å². The average Bonchev–Trinajstić information content (AvgIpc) is 3.62. The molecule has 54 heavy (non-hydrogen) atoms. The van der Waals surface area contributed by atoms with Gasteiger partial charge in [-0.25, -0.2) is 4.98 Å². The minimum Gasteiger partial charge on any atom is -0.454 e. The fourth-order valence-electron chi connectivity index (χ4n) is 8.32. The van der Waals surface area contributed by atoms with E-state index in [1.807, 2.05) is 18.3 Å². The molecular formula is C51H32N2O. The first-order valence-corrected chi connectivity index (χ1v) is 18.4. The van der Waals surface area contributed by atoms with Crippen LogP contribution in [0.1, 0.15) is 0 Å². The Hall–Kier alpha value is -7.23. The van der Waals surface area contributed by atoms with Gasteiger partial charge >= 0.3 is 0 Å². The van der Waals surface area contributed by atoms with Crippen LogP contribution in [0.3, 0.4) is 0 Å². The second-order valence-corrected chi connectivity index (χ2v) is 13.9. The topological polar surface area (TPSA) is 29.3 Å². The molecule has 3 heteroatoms. The number of pyridine rings is 1. The highest BCUT2D eigenvalue weighted by atomic mass is 16.3. The van der Waals surface area contributed by atoms with Crippen LogP contribution in [0.25, 0.3) is 87.3 Å². The summed E-state index contributed by atoms with van der Waals surface area (Å²) in [5.74, 6) is 0.821. The van der Waals surface area contributed by atoms with Crippen LogP contribution in [-0.2, 0) is 0 Å². The van der Waals surface area contributed by atoms with E-state index in [-0.39, 0.29) is 0 Å². The van der Waals surface area contributed by atoms with Gasteiger partial charge in [0.1, 0.15) is 11.4 Å². The van der Waals surface area contributed by atoms with Crippen molar-refractivity contribution in [1.82, 2.24) is 4.98 Å². The Kier molecular flexibility index (Phi) is 6.86. The molecule has 2 heterocycles. The van der Waals surface area contributed by atoms with Crippen LogP contribution in [0, 0.1) is 0 Å². The van der Waals surface area contributed by atoms with Crippen molar-refractivity contribution in [3.63, 3.8) is 0 Å². The van der Waals surface area contributed by atoms with Gasteiger partial charge in [-0.15, -0.1) is 0 Å². The largest absolute Gasteiger partial charge is 0.454 e. The van der Waals surface area contributed by atoms with Gasteiger partial charge in [-0.2, -0.15) is 0 Å². The fourth-order valence-corrected chi connectivity index (χ4v) is 8.32. The normalized spacial score (nSPS) is 11.7. The number of furan rings is 1. The molecule has 0 aliphatic rings. The van der Waals surface area contributed by atoms with E-state index in [1.165, 1.54) is 65.3 Å². The third kappa shape index (κ3) is 4.87. The van der Waals surface area contributed by atoms with Crippen LogP contribution < -0.4 is 4.90 Å². The van der Waals surface area contributed by atoms with Gasteiger partial charge in [0, 0.05) is 22.1 Å². The Bertz CT molecular complexity index is 3050. The van der Waals surface area contributed by atoms with Gasteiger partial charge in [0.05, 0.1) is 6.20 Å². The molecule has 0 bridgehead atoms. The van der Waals surface area contributed by atoms with Crippen LogP contribution in [-0.4, -0.2) is 4.98 Å². The van der Waals surface area contributed by atoms with Gasteiger partial charge in [-0.05, 0) is 114 Å². The highest BCUT2D eigenvalue weighted by Crippen LogP contribution is 2.41. The molecule has 0 saturated carbocycles. The molecule has 0 amide bonds. The summed E-state index contributed by atoms with van der Waals surface area (Å²) < 4.78 is 6.18. The first kappa shape index (κ1) is 30.4. The zero-order valence-corrected chi connectivity index (χ0v) is 29.3. The SMILES string of the molecule is c1ccc2c(c1)cc(-c1ccc(N(c3ccc(-c4cc5ccccc5c5ccccc45)cc3)c3cc4c(cn3)oc3ccccc34)cc1)c1ccccc12. The van der Waals surface area contributed by atoms with E-state index in [2.05, 4.69) is 181 Å². The van der Waals surface area contributed by atoms with Crippen molar-refractivity contribution >= 4 is 82.2 Å². The molecule has 0 aliphatic carbocycles. The van der Waals surface area contributed by atoms with Crippen molar-refractivity contribution in [2.75, 3.05) is 4.90 Å². The predicted molar refractivity (Wildman–Crippen MR) is 227 cm³/mol. The summed E-state index contributed by atoms with van der Waals surface area (Å²) in [5, 5.41) is 12.2. The van der Waals surface area contributed by atoms with Gasteiger partial charge in [0.15, 0.2) is 5.58 Å². The monoisotopic (exact) mass is 688 g/mol. The van der Waals surface area contributed by atoms with E-state index in [4.69, 9.17) is 9.40 Å². The van der Waals surface area contributed by atoms with Crippen molar-refractivity contribution in [3.8, 4) is 22.3 Å². The Labute approximate surface area is 312 Å². The van der Waals surface area contributed by atoms with Crippen LogP contribution >= 0.6 is 0 Å². The van der Waals surface area contributed by atoms with E-state index < -0.39 is 0 Å². The maximum atomic E-state index is 6.18. The maximum absolute atomic E-state index is 6.18. The van der Waals surface area contributed by atoms with Crippen LogP contribution in [0.5, 0.6) is 0 Å². The van der Waals surface area contributed by atoms with E-state index in [0.29, 0.717) is 0 Å². The van der Waals surface area contributed by atoms with Gasteiger partial charge in [-0.1, -0.05) is 140 Å². The molecule has 11 aromatic rings. The smallest absolute Gasteiger partial charge is 0.153 e. The second-order valence-electron chi connectivity index (χ2n) is 13.9. The molecule has 0 saturated heterocycles. The maximum Gasteiger partial charge on any atom is 0.153 e. The summed E-state index contributed by atoms with van der Waals surface area (Å²) >= 11 is 0. The first-order valence-electron chi connectivity index (χ1n) is 18.4. The number of para-hydroxylation sites is 1. The minimum atomic E-state index is 0.775. The second kappa shape index (κ2) is 12.2. The van der Waals surface area contributed by atoms with E-state index >= 15 is 0 Å². The van der Waals surface area contributed by atoms with Crippen molar-refractivity contribution < 1.29 is 4.42 Å². The number of hydrogen-bond acceptors (Lipinski definition) is 3. The Morgan fingerprint density at radius 2 is 0.796 bits per heavy atom. The van der Waals surface area contributed by atoms with Crippen molar-refractivity contribution in [2.24, 2.45) is 0 Å². The lowest BCUT2D eigenvalue weighted by Crippen LogP contribution is -2.11. The van der Waals surface area contributed by atoms with E-state index in [0.717, 1.165) is 39.1 Å². The average molecular weight is 689 g/mol. The molecule has 0 unspecified atom stereocenters. The molecule has 0 N–H and O–H groups in total. The van der Waals surface area contributed by atoms with E-state index in [1.54, 1.807) is 0 Å². The Morgan fingerprint density at radius 1 is 0.352 bits per heavy atom.